The molecule has 0 aliphatic heterocycles. The third-order valence-corrected chi connectivity index (χ3v) is 1.43. The Morgan fingerprint density at radius 2 is 2.45 bits per heavy atom. The van der Waals surface area contributed by atoms with Crippen LogP contribution in [0.3, 0.4) is 0 Å². The van der Waals surface area contributed by atoms with Gasteiger partial charge >= 0.3 is 0 Å². The zero-order valence-electron chi connectivity index (χ0n) is 7.05. The molecule has 0 aromatic carbocycles. The van der Waals surface area contributed by atoms with Crippen molar-refractivity contribution in [3.05, 3.63) is 17.8 Å². The SMILES string of the molecule is CCNCCc1ncc(C)o1. The molecule has 0 saturated carbocycles. The van der Waals surface area contributed by atoms with Crippen molar-refractivity contribution >= 4 is 0 Å². The van der Waals surface area contributed by atoms with E-state index >= 15 is 0 Å². The fourth-order valence-corrected chi connectivity index (χ4v) is 0.889. The maximum atomic E-state index is 5.28. The van der Waals surface area contributed by atoms with E-state index in [0.717, 1.165) is 31.2 Å². The molecular weight excluding hydrogens is 140 g/mol. The van der Waals surface area contributed by atoms with Crippen LogP contribution in [0.15, 0.2) is 10.6 Å². The Kier molecular flexibility index (Phi) is 3.11. The molecule has 0 aliphatic carbocycles. The molecule has 11 heavy (non-hydrogen) atoms. The maximum absolute atomic E-state index is 5.28. The van der Waals surface area contributed by atoms with Gasteiger partial charge in [-0.25, -0.2) is 4.98 Å². The summed E-state index contributed by atoms with van der Waals surface area (Å²) >= 11 is 0. The highest BCUT2D eigenvalue weighted by molar-refractivity contribution is 4.90. The summed E-state index contributed by atoms with van der Waals surface area (Å²) in [6, 6.07) is 0. The topological polar surface area (TPSA) is 38.1 Å². The normalized spacial score (nSPS) is 10.4. The summed E-state index contributed by atoms with van der Waals surface area (Å²) in [5, 5.41) is 3.21. The Morgan fingerprint density at radius 1 is 1.64 bits per heavy atom. The molecule has 0 spiro atoms. The second-order valence-corrected chi connectivity index (χ2v) is 2.47. The minimum atomic E-state index is 0.823. The zero-order valence-corrected chi connectivity index (χ0v) is 7.05. The highest BCUT2D eigenvalue weighted by Crippen LogP contribution is 2.00. The van der Waals surface area contributed by atoms with E-state index in [0.29, 0.717) is 0 Å². The van der Waals surface area contributed by atoms with Gasteiger partial charge in [-0.1, -0.05) is 6.92 Å². The third kappa shape index (κ3) is 2.72. The highest BCUT2D eigenvalue weighted by Gasteiger charge is 1.97. The summed E-state index contributed by atoms with van der Waals surface area (Å²) in [6.07, 6.45) is 2.63. The van der Waals surface area contributed by atoms with E-state index in [4.69, 9.17) is 4.42 Å². The number of nitrogens with zero attached hydrogens (tertiary/aromatic N) is 1. The molecule has 0 fully saturated rings. The summed E-state index contributed by atoms with van der Waals surface area (Å²) in [7, 11) is 0. The van der Waals surface area contributed by atoms with Gasteiger partial charge < -0.3 is 9.73 Å². The van der Waals surface area contributed by atoms with Gasteiger partial charge in [-0.05, 0) is 13.5 Å². The average molecular weight is 154 g/mol. The molecule has 1 aromatic heterocycles. The molecule has 62 valence electrons. The van der Waals surface area contributed by atoms with Crippen molar-refractivity contribution in [2.45, 2.75) is 20.3 Å². The first-order valence-corrected chi connectivity index (χ1v) is 3.95. The first-order chi connectivity index (χ1) is 5.33. The van der Waals surface area contributed by atoms with E-state index in [9.17, 15) is 0 Å². The molecule has 0 radical (unpaired) electrons. The molecule has 3 heteroatoms. The molecule has 1 N–H and O–H groups in total. The molecule has 0 aliphatic rings. The number of aryl methyl sites for hydroxylation is 1. The van der Waals surface area contributed by atoms with Crippen LogP contribution in [0.1, 0.15) is 18.6 Å². The van der Waals surface area contributed by atoms with Crippen molar-refractivity contribution in [1.82, 2.24) is 10.3 Å². The standard InChI is InChI=1S/C8H14N2O/c1-3-9-5-4-8-10-6-7(2)11-8/h6,9H,3-5H2,1-2H3. The minimum absolute atomic E-state index is 0.823. The van der Waals surface area contributed by atoms with Crippen molar-refractivity contribution in [3.8, 4) is 0 Å². The average Bonchev–Trinajstić information content (AvgIpc) is 2.37. The van der Waals surface area contributed by atoms with E-state index in [1.54, 1.807) is 6.20 Å². The van der Waals surface area contributed by atoms with Crippen molar-refractivity contribution < 1.29 is 4.42 Å². The van der Waals surface area contributed by atoms with Crippen LogP contribution in [0.25, 0.3) is 0 Å². The van der Waals surface area contributed by atoms with Gasteiger partial charge in [0.1, 0.15) is 5.76 Å². The number of rotatable bonds is 4. The predicted octanol–water partition coefficient (Wildman–Crippen LogP) is 1.14. The fourth-order valence-electron chi connectivity index (χ4n) is 0.889. The molecule has 0 amide bonds. The Balaban J connectivity index is 2.27. The van der Waals surface area contributed by atoms with E-state index in [1.807, 2.05) is 6.92 Å². The van der Waals surface area contributed by atoms with Crippen molar-refractivity contribution in [2.24, 2.45) is 0 Å². The molecular formula is C8H14N2O. The summed E-state index contributed by atoms with van der Waals surface area (Å²) in [5.41, 5.74) is 0. The molecule has 3 nitrogen and oxygen atoms in total. The van der Waals surface area contributed by atoms with E-state index in [2.05, 4.69) is 17.2 Å². The quantitative estimate of drug-likeness (QED) is 0.661. The van der Waals surface area contributed by atoms with E-state index < -0.39 is 0 Å². The van der Waals surface area contributed by atoms with Gasteiger partial charge in [-0.2, -0.15) is 0 Å². The zero-order chi connectivity index (χ0) is 8.10. The van der Waals surface area contributed by atoms with Crippen molar-refractivity contribution in [2.75, 3.05) is 13.1 Å². The predicted molar refractivity (Wildman–Crippen MR) is 43.5 cm³/mol. The second kappa shape index (κ2) is 4.13. The van der Waals surface area contributed by atoms with Crippen LogP contribution >= 0.6 is 0 Å². The summed E-state index contributed by atoms with van der Waals surface area (Å²) in [5.74, 6) is 1.71. The Hall–Kier alpha value is -0.830. The summed E-state index contributed by atoms with van der Waals surface area (Å²) < 4.78 is 5.28. The van der Waals surface area contributed by atoms with Crippen LogP contribution in [0.5, 0.6) is 0 Å². The molecule has 0 saturated heterocycles. The molecule has 0 atom stereocenters. The van der Waals surface area contributed by atoms with Gasteiger partial charge in [-0.15, -0.1) is 0 Å². The highest BCUT2D eigenvalue weighted by atomic mass is 16.3. The van der Waals surface area contributed by atoms with Crippen LogP contribution in [-0.4, -0.2) is 18.1 Å². The monoisotopic (exact) mass is 154 g/mol. The lowest BCUT2D eigenvalue weighted by Crippen LogP contribution is -2.16. The smallest absolute Gasteiger partial charge is 0.195 e. The van der Waals surface area contributed by atoms with Gasteiger partial charge in [0.2, 0.25) is 0 Å². The lowest BCUT2D eigenvalue weighted by Gasteiger charge is -1.95. The number of hydrogen-bond donors (Lipinski definition) is 1. The second-order valence-electron chi connectivity index (χ2n) is 2.47. The Morgan fingerprint density at radius 3 is 3.00 bits per heavy atom. The molecule has 1 rings (SSSR count). The first-order valence-electron chi connectivity index (χ1n) is 3.95. The third-order valence-electron chi connectivity index (χ3n) is 1.43. The van der Waals surface area contributed by atoms with Gasteiger partial charge in [0, 0.05) is 13.0 Å². The summed E-state index contributed by atoms with van der Waals surface area (Å²) in [6.45, 7) is 5.93. The molecule has 1 aromatic rings. The Bertz CT molecular complexity index is 208. The number of oxazole rings is 1. The van der Waals surface area contributed by atoms with Gasteiger partial charge in [-0.3, -0.25) is 0 Å². The molecule has 0 unspecified atom stereocenters. The van der Waals surface area contributed by atoms with Crippen LogP contribution in [0, 0.1) is 6.92 Å². The van der Waals surface area contributed by atoms with Gasteiger partial charge in [0.25, 0.3) is 0 Å². The number of hydrogen-bond acceptors (Lipinski definition) is 3. The fraction of sp³-hybridized carbons (Fsp3) is 0.625. The van der Waals surface area contributed by atoms with Gasteiger partial charge in [0.15, 0.2) is 5.89 Å². The molecule has 1 heterocycles. The minimum Gasteiger partial charge on any atom is -0.446 e. The van der Waals surface area contributed by atoms with Gasteiger partial charge in [0.05, 0.1) is 6.20 Å². The first kappa shape index (κ1) is 8.27. The van der Waals surface area contributed by atoms with Crippen LogP contribution in [0.4, 0.5) is 0 Å². The number of aromatic nitrogens is 1. The lowest BCUT2D eigenvalue weighted by atomic mass is 10.4. The van der Waals surface area contributed by atoms with Crippen molar-refractivity contribution in [3.63, 3.8) is 0 Å². The molecule has 0 bridgehead atoms. The Labute approximate surface area is 66.8 Å². The van der Waals surface area contributed by atoms with Crippen LogP contribution in [0.2, 0.25) is 0 Å². The largest absolute Gasteiger partial charge is 0.446 e. The van der Waals surface area contributed by atoms with Crippen LogP contribution < -0.4 is 5.32 Å². The number of likely N-dealkylation sites (N-methyl/N-ethyl adjacent to an activating group) is 1. The summed E-state index contributed by atoms with van der Waals surface area (Å²) in [4.78, 5) is 4.08. The van der Waals surface area contributed by atoms with E-state index in [-0.39, 0.29) is 0 Å². The lowest BCUT2D eigenvalue weighted by molar-refractivity contribution is 0.465. The van der Waals surface area contributed by atoms with E-state index in [1.165, 1.54) is 0 Å². The maximum Gasteiger partial charge on any atom is 0.195 e. The number of nitrogens with one attached hydrogen (secondary N) is 1. The van der Waals surface area contributed by atoms with Crippen molar-refractivity contribution in [1.29, 1.82) is 0 Å². The van der Waals surface area contributed by atoms with Crippen LogP contribution in [-0.2, 0) is 6.42 Å².